The van der Waals surface area contributed by atoms with Gasteiger partial charge in [-0.05, 0) is 24.8 Å². The molecule has 4 nitrogen and oxygen atoms in total. The first kappa shape index (κ1) is 15.5. The van der Waals surface area contributed by atoms with E-state index in [4.69, 9.17) is 5.11 Å². The number of rotatable bonds is 6. The molecule has 1 amide bonds. The highest BCUT2D eigenvalue weighted by Gasteiger charge is 2.40. The smallest absolute Gasteiger partial charge is 0.305 e. The first-order valence-corrected chi connectivity index (χ1v) is 7.65. The average molecular weight is 289 g/mol. The van der Waals surface area contributed by atoms with Gasteiger partial charge in [0.15, 0.2) is 0 Å². The van der Waals surface area contributed by atoms with Crippen LogP contribution >= 0.6 is 0 Å². The van der Waals surface area contributed by atoms with Crippen molar-refractivity contribution in [1.82, 2.24) is 5.32 Å². The molecular formula is C17H23NO3. The summed E-state index contributed by atoms with van der Waals surface area (Å²) in [5.74, 6) is -0.890. The molecule has 1 fully saturated rings. The predicted molar refractivity (Wildman–Crippen MR) is 80.8 cm³/mol. The molecule has 114 valence electrons. The van der Waals surface area contributed by atoms with Crippen LogP contribution in [0.25, 0.3) is 0 Å². The molecule has 0 bridgehead atoms. The maximum Gasteiger partial charge on any atom is 0.305 e. The number of hydrogen-bond acceptors (Lipinski definition) is 2. The van der Waals surface area contributed by atoms with Crippen molar-refractivity contribution >= 4 is 11.9 Å². The lowest BCUT2D eigenvalue weighted by Crippen LogP contribution is -2.41. The van der Waals surface area contributed by atoms with E-state index < -0.39 is 12.0 Å². The van der Waals surface area contributed by atoms with Crippen molar-refractivity contribution in [3.05, 3.63) is 35.9 Å². The standard InChI is InChI=1S/C17H23NO3/c1-2-17(10-6-7-11-17)16(21)18-14(12-15(19)20)13-8-4-3-5-9-13/h3-5,8-9,14H,2,6-7,10-12H2,1H3,(H,18,21)(H,19,20). The van der Waals surface area contributed by atoms with Gasteiger partial charge < -0.3 is 10.4 Å². The van der Waals surface area contributed by atoms with E-state index in [0.29, 0.717) is 0 Å². The zero-order chi connectivity index (χ0) is 15.3. The van der Waals surface area contributed by atoms with Gasteiger partial charge >= 0.3 is 5.97 Å². The van der Waals surface area contributed by atoms with Crippen LogP contribution in [0.4, 0.5) is 0 Å². The second kappa shape index (κ2) is 6.74. The summed E-state index contributed by atoms with van der Waals surface area (Å²) in [6.07, 6.45) is 4.70. The molecule has 0 radical (unpaired) electrons. The fraction of sp³-hybridized carbons (Fsp3) is 0.529. The minimum Gasteiger partial charge on any atom is -0.481 e. The third-order valence-electron chi connectivity index (χ3n) is 4.61. The van der Waals surface area contributed by atoms with E-state index >= 15 is 0 Å². The average Bonchev–Trinajstić information content (AvgIpc) is 2.97. The number of carboxylic acid groups (broad SMARTS) is 1. The van der Waals surface area contributed by atoms with Crippen molar-refractivity contribution in [2.24, 2.45) is 5.41 Å². The molecule has 0 saturated heterocycles. The summed E-state index contributed by atoms with van der Waals surface area (Å²) < 4.78 is 0. The molecule has 0 aromatic heterocycles. The largest absolute Gasteiger partial charge is 0.481 e. The van der Waals surface area contributed by atoms with Gasteiger partial charge in [-0.25, -0.2) is 0 Å². The Morgan fingerprint density at radius 2 is 1.86 bits per heavy atom. The van der Waals surface area contributed by atoms with Gasteiger partial charge in [0.25, 0.3) is 0 Å². The Balaban J connectivity index is 2.15. The molecule has 1 aromatic rings. The van der Waals surface area contributed by atoms with Gasteiger partial charge in [-0.1, -0.05) is 50.1 Å². The molecule has 2 rings (SSSR count). The summed E-state index contributed by atoms with van der Waals surface area (Å²) in [5, 5.41) is 12.1. The molecule has 0 heterocycles. The Hall–Kier alpha value is -1.84. The molecule has 1 atom stereocenters. The normalized spacial score (nSPS) is 18.1. The summed E-state index contributed by atoms with van der Waals surface area (Å²) in [6.45, 7) is 2.04. The molecule has 1 aliphatic rings. The van der Waals surface area contributed by atoms with Crippen molar-refractivity contribution in [2.45, 2.75) is 51.5 Å². The Morgan fingerprint density at radius 3 is 2.38 bits per heavy atom. The van der Waals surface area contributed by atoms with Crippen LogP contribution in [-0.4, -0.2) is 17.0 Å². The maximum absolute atomic E-state index is 12.7. The van der Waals surface area contributed by atoms with Crippen LogP contribution in [0.3, 0.4) is 0 Å². The second-order valence-corrected chi connectivity index (χ2v) is 5.88. The number of carboxylic acids is 1. The van der Waals surface area contributed by atoms with E-state index in [-0.39, 0.29) is 17.7 Å². The Morgan fingerprint density at radius 1 is 1.24 bits per heavy atom. The van der Waals surface area contributed by atoms with Gasteiger partial charge in [-0.3, -0.25) is 9.59 Å². The van der Waals surface area contributed by atoms with E-state index in [2.05, 4.69) is 5.32 Å². The summed E-state index contributed by atoms with van der Waals surface area (Å²) in [4.78, 5) is 23.7. The van der Waals surface area contributed by atoms with Crippen LogP contribution in [0.15, 0.2) is 30.3 Å². The fourth-order valence-corrected chi connectivity index (χ4v) is 3.22. The molecule has 1 saturated carbocycles. The van der Waals surface area contributed by atoms with E-state index in [1.807, 2.05) is 37.3 Å². The van der Waals surface area contributed by atoms with E-state index in [1.165, 1.54) is 0 Å². The number of carbonyl (C=O) groups is 2. The van der Waals surface area contributed by atoms with Crippen molar-refractivity contribution in [3.8, 4) is 0 Å². The Labute approximate surface area is 125 Å². The Kier molecular flexibility index (Phi) is 4.99. The van der Waals surface area contributed by atoms with Crippen molar-refractivity contribution < 1.29 is 14.7 Å². The van der Waals surface area contributed by atoms with E-state index in [0.717, 1.165) is 37.7 Å². The number of hydrogen-bond donors (Lipinski definition) is 2. The van der Waals surface area contributed by atoms with Gasteiger partial charge in [-0.15, -0.1) is 0 Å². The number of nitrogens with one attached hydrogen (secondary N) is 1. The lowest BCUT2D eigenvalue weighted by Gasteiger charge is -2.29. The zero-order valence-electron chi connectivity index (χ0n) is 12.5. The molecule has 1 aliphatic carbocycles. The first-order valence-electron chi connectivity index (χ1n) is 7.65. The highest BCUT2D eigenvalue weighted by atomic mass is 16.4. The fourth-order valence-electron chi connectivity index (χ4n) is 3.22. The minimum atomic E-state index is -0.902. The number of benzene rings is 1. The molecule has 21 heavy (non-hydrogen) atoms. The van der Waals surface area contributed by atoms with Gasteiger partial charge in [0.1, 0.15) is 0 Å². The summed E-state index contributed by atoms with van der Waals surface area (Å²) in [7, 11) is 0. The first-order chi connectivity index (χ1) is 10.1. The highest BCUT2D eigenvalue weighted by Crippen LogP contribution is 2.41. The number of aliphatic carboxylic acids is 1. The maximum atomic E-state index is 12.7. The van der Waals surface area contributed by atoms with Gasteiger partial charge in [0.2, 0.25) is 5.91 Å². The zero-order valence-corrected chi connectivity index (χ0v) is 12.5. The van der Waals surface area contributed by atoms with Gasteiger partial charge in [0, 0.05) is 5.41 Å². The third-order valence-corrected chi connectivity index (χ3v) is 4.61. The summed E-state index contributed by atoms with van der Waals surface area (Å²) in [5.41, 5.74) is 0.545. The SMILES string of the molecule is CCC1(C(=O)NC(CC(=O)O)c2ccccc2)CCCC1. The minimum absolute atomic E-state index is 0.0117. The number of carbonyl (C=O) groups excluding carboxylic acids is 1. The summed E-state index contributed by atoms with van der Waals surface area (Å²) in [6, 6.07) is 8.87. The van der Waals surface area contributed by atoms with Crippen LogP contribution < -0.4 is 5.32 Å². The molecule has 0 aliphatic heterocycles. The van der Waals surface area contributed by atoms with Gasteiger partial charge in [-0.2, -0.15) is 0 Å². The molecule has 1 aromatic carbocycles. The molecule has 1 unspecified atom stereocenters. The van der Waals surface area contributed by atoms with Crippen LogP contribution in [0.1, 0.15) is 57.1 Å². The second-order valence-electron chi connectivity index (χ2n) is 5.88. The quantitative estimate of drug-likeness (QED) is 0.844. The topological polar surface area (TPSA) is 66.4 Å². The lowest BCUT2D eigenvalue weighted by atomic mass is 9.82. The van der Waals surface area contributed by atoms with E-state index in [9.17, 15) is 9.59 Å². The number of amides is 1. The predicted octanol–water partition coefficient (Wildman–Crippen LogP) is 3.29. The Bertz CT molecular complexity index is 492. The van der Waals surface area contributed by atoms with Crippen molar-refractivity contribution in [2.75, 3.05) is 0 Å². The van der Waals surface area contributed by atoms with Gasteiger partial charge in [0.05, 0.1) is 12.5 Å². The van der Waals surface area contributed by atoms with Crippen LogP contribution in [0, 0.1) is 5.41 Å². The van der Waals surface area contributed by atoms with E-state index in [1.54, 1.807) is 0 Å². The van der Waals surface area contributed by atoms with Crippen LogP contribution in [0.5, 0.6) is 0 Å². The van der Waals surface area contributed by atoms with Crippen LogP contribution in [-0.2, 0) is 9.59 Å². The summed E-state index contributed by atoms with van der Waals surface area (Å²) >= 11 is 0. The van der Waals surface area contributed by atoms with Crippen molar-refractivity contribution in [1.29, 1.82) is 0 Å². The van der Waals surface area contributed by atoms with Crippen LogP contribution in [0.2, 0.25) is 0 Å². The highest BCUT2D eigenvalue weighted by molar-refractivity contribution is 5.84. The molecular weight excluding hydrogens is 266 g/mol. The molecule has 0 spiro atoms. The third kappa shape index (κ3) is 3.63. The van der Waals surface area contributed by atoms with Crippen molar-refractivity contribution in [3.63, 3.8) is 0 Å². The lowest BCUT2D eigenvalue weighted by molar-refractivity contribution is -0.138. The molecule has 4 heteroatoms. The monoisotopic (exact) mass is 289 g/mol. The molecule has 2 N–H and O–H groups in total.